The van der Waals surface area contributed by atoms with Crippen LogP contribution in [0.5, 0.6) is 0 Å². The van der Waals surface area contributed by atoms with E-state index in [0.717, 1.165) is 5.92 Å². The largest absolute Gasteiger partial charge is 0.385 e. The van der Waals surface area contributed by atoms with Gasteiger partial charge in [0.05, 0.1) is 0 Å². The number of hydrogen-bond donors (Lipinski definition) is 2. The number of hydrogen-bond acceptors (Lipinski definition) is 2. The smallest absolute Gasteiger partial charge is 0.0299 e. The Hall–Kier alpha value is -1.02. The first-order valence-corrected chi connectivity index (χ1v) is 7.85. The van der Waals surface area contributed by atoms with Crippen molar-refractivity contribution in [2.45, 2.75) is 38.6 Å². The molecule has 3 atom stereocenters. The lowest BCUT2D eigenvalue weighted by atomic mass is 9.85. The Morgan fingerprint density at radius 2 is 1.95 bits per heavy atom. The predicted octanol–water partition coefficient (Wildman–Crippen LogP) is 3.00. The number of piperidine rings is 1. The van der Waals surface area contributed by atoms with Gasteiger partial charge in [0, 0.05) is 17.7 Å². The molecular formula is C17H26N2. The number of allylic oxidation sites excluding steroid dienone is 5. The third-order valence-corrected chi connectivity index (χ3v) is 4.89. The van der Waals surface area contributed by atoms with Crippen LogP contribution in [0.4, 0.5) is 0 Å². The van der Waals surface area contributed by atoms with Gasteiger partial charge in [-0.1, -0.05) is 37.3 Å². The van der Waals surface area contributed by atoms with Crippen molar-refractivity contribution >= 4 is 0 Å². The molecule has 0 aromatic rings. The van der Waals surface area contributed by atoms with E-state index in [-0.39, 0.29) is 0 Å². The van der Waals surface area contributed by atoms with Crippen molar-refractivity contribution in [1.82, 2.24) is 10.6 Å². The van der Waals surface area contributed by atoms with E-state index < -0.39 is 0 Å². The van der Waals surface area contributed by atoms with Crippen molar-refractivity contribution in [2.24, 2.45) is 17.8 Å². The molecule has 0 bridgehead atoms. The maximum Gasteiger partial charge on any atom is 0.0299 e. The lowest BCUT2D eigenvalue weighted by Gasteiger charge is -2.28. The number of nitrogens with one attached hydrogen (secondary N) is 2. The Labute approximate surface area is 117 Å². The number of rotatable bonds is 3. The third-order valence-electron chi connectivity index (χ3n) is 4.89. The molecule has 0 spiro atoms. The fourth-order valence-electron chi connectivity index (χ4n) is 3.58. The molecule has 2 heteroatoms. The molecule has 0 amide bonds. The molecule has 2 heterocycles. The minimum atomic E-state index is 0.661. The van der Waals surface area contributed by atoms with Gasteiger partial charge in [0.15, 0.2) is 0 Å². The average Bonchev–Trinajstić information content (AvgIpc) is 2.91. The van der Waals surface area contributed by atoms with Gasteiger partial charge in [-0.2, -0.15) is 0 Å². The molecule has 1 saturated heterocycles. The Kier molecular flexibility index (Phi) is 4.07. The summed E-state index contributed by atoms with van der Waals surface area (Å²) in [6.45, 7) is 4.70. The molecule has 0 radical (unpaired) electrons. The zero-order chi connectivity index (χ0) is 13.1. The van der Waals surface area contributed by atoms with E-state index in [4.69, 9.17) is 0 Å². The molecular weight excluding hydrogens is 232 g/mol. The summed E-state index contributed by atoms with van der Waals surface area (Å²) in [6.07, 6.45) is 16.7. The highest BCUT2D eigenvalue weighted by Crippen LogP contribution is 2.30. The molecule has 3 aliphatic rings. The molecule has 1 fully saturated rings. The topological polar surface area (TPSA) is 24.1 Å². The first-order chi connectivity index (χ1) is 9.33. The molecule has 0 saturated carbocycles. The predicted molar refractivity (Wildman–Crippen MR) is 80.8 cm³/mol. The molecule has 1 aliphatic carbocycles. The van der Waals surface area contributed by atoms with Crippen LogP contribution in [0.2, 0.25) is 0 Å². The maximum atomic E-state index is 3.80. The van der Waals surface area contributed by atoms with Crippen LogP contribution in [0, 0.1) is 17.8 Å². The summed E-state index contributed by atoms with van der Waals surface area (Å²) in [5.74, 6) is 2.18. The summed E-state index contributed by atoms with van der Waals surface area (Å²) >= 11 is 0. The maximum absolute atomic E-state index is 3.80. The summed E-state index contributed by atoms with van der Waals surface area (Å²) < 4.78 is 0. The van der Waals surface area contributed by atoms with Crippen molar-refractivity contribution in [3.8, 4) is 0 Å². The van der Waals surface area contributed by atoms with Gasteiger partial charge in [0.25, 0.3) is 0 Å². The fraction of sp³-hybridized carbons (Fsp3) is 0.647. The lowest BCUT2D eigenvalue weighted by molar-refractivity contribution is 0.374. The highest BCUT2D eigenvalue weighted by Gasteiger charge is 2.26. The van der Waals surface area contributed by atoms with Gasteiger partial charge >= 0.3 is 0 Å². The van der Waals surface area contributed by atoms with E-state index in [0.29, 0.717) is 17.9 Å². The third kappa shape index (κ3) is 3.11. The molecule has 0 aromatic heterocycles. The van der Waals surface area contributed by atoms with Gasteiger partial charge in [-0.25, -0.2) is 0 Å². The second kappa shape index (κ2) is 5.96. The monoisotopic (exact) mass is 258 g/mol. The first kappa shape index (κ1) is 13.0. The first-order valence-electron chi connectivity index (χ1n) is 7.85. The van der Waals surface area contributed by atoms with E-state index >= 15 is 0 Å². The SMILES string of the molecule is CC1C=CC=CC1CC1CC=C(C2CCNCC2)N1. The van der Waals surface area contributed by atoms with Gasteiger partial charge in [0.1, 0.15) is 0 Å². The average molecular weight is 258 g/mol. The molecule has 0 aromatic carbocycles. The summed E-state index contributed by atoms with van der Waals surface area (Å²) in [5.41, 5.74) is 1.54. The van der Waals surface area contributed by atoms with Gasteiger partial charge < -0.3 is 10.6 Å². The Bertz CT molecular complexity index is 388. The molecule has 2 aliphatic heterocycles. The zero-order valence-electron chi connectivity index (χ0n) is 11.9. The highest BCUT2D eigenvalue weighted by molar-refractivity contribution is 5.17. The molecule has 3 unspecified atom stereocenters. The molecule has 2 N–H and O–H groups in total. The van der Waals surface area contributed by atoms with Crippen LogP contribution in [-0.4, -0.2) is 19.1 Å². The van der Waals surface area contributed by atoms with Crippen LogP contribution < -0.4 is 10.6 Å². The van der Waals surface area contributed by atoms with Crippen LogP contribution in [0.3, 0.4) is 0 Å². The lowest BCUT2D eigenvalue weighted by Crippen LogP contribution is -2.34. The molecule has 3 rings (SSSR count). The van der Waals surface area contributed by atoms with Gasteiger partial charge in [-0.05, 0) is 50.6 Å². The van der Waals surface area contributed by atoms with Crippen molar-refractivity contribution in [2.75, 3.05) is 13.1 Å². The standard InChI is InChI=1S/C17H26N2/c1-13-4-2-3-5-15(13)12-16-6-7-17(19-16)14-8-10-18-11-9-14/h2-5,7,13-16,18-19H,6,8-12H2,1H3. The van der Waals surface area contributed by atoms with E-state index in [1.165, 1.54) is 44.5 Å². The van der Waals surface area contributed by atoms with Crippen LogP contribution in [0.1, 0.15) is 32.6 Å². The second-order valence-corrected chi connectivity index (χ2v) is 6.29. The van der Waals surface area contributed by atoms with E-state index in [9.17, 15) is 0 Å². The Balaban J connectivity index is 1.50. The zero-order valence-corrected chi connectivity index (χ0v) is 11.9. The quantitative estimate of drug-likeness (QED) is 0.813. The Morgan fingerprint density at radius 1 is 1.16 bits per heavy atom. The Morgan fingerprint density at radius 3 is 2.74 bits per heavy atom. The highest BCUT2D eigenvalue weighted by atomic mass is 15.0. The van der Waals surface area contributed by atoms with E-state index in [1.807, 2.05) is 0 Å². The summed E-state index contributed by atoms with van der Waals surface area (Å²) in [5, 5.41) is 7.25. The van der Waals surface area contributed by atoms with Crippen molar-refractivity contribution in [3.05, 3.63) is 36.1 Å². The normalized spacial score (nSPS) is 35.2. The minimum Gasteiger partial charge on any atom is -0.385 e. The molecule has 2 nitrogen and oxygen atoms in total. The van der Waals surface area contributed by atoms with Gasteiger partial charge in [-0.15, -0.1) is 0 Å². The molecule has 104 valence electrons. The molecule has 19 heavy (non-hydrogen) atoms. The van der Waals surface area contributed by atoms with Gasteiger partial charge in [0.2, 0.25) is 0 Å². The summed E-state index contributed by atoms with van der Waals surface area (Å²) in [6, 6.07) is 0.661. The van der Waals surface area contributed by atoms with Crippen molar-refractivity contribution < 1.29 is 0 Å². The van der Waals surface area contributed by atoms with Gasteiger partial charge in [-0.3, -0.25) is 0 Å². The summed E-state index contributed by atoms with van der Waals surface area (Å²) in [7, 11) is 0. The van der Waals surface area contributed by atoms with Crippen LogP contribution >= 0.6 is 0 Å². The van der Waals surface area contributed by atoms with Crippen molar-refractivity contribution in [1.29, 1.82) is 0 Å². The van der Waals surface area contributed by atoms with E-state index in [2.05, 4.69) is 47.9 Å². The van der Waals surface area contributed by atoms with Crippen LogP contribution in [-0.2, 0) is 0 Å². The second-order valence-electron chi connectivity index (χ2n) is 6.29. The minimum absolute atomic E-state index is 0.661. The van der Waals surface area contributed by atoms with E-state index in [1.54, 1.807) is 0 Å². The van der Waals surface area contributed by atoms with Crippen LogP contribution in [0.25, 0.3) is 0 Å². The fourth-order valence-corrected chi connectivity index (χ4v) is 3.58. The summed E-state index contributed by atoms with van der Waals surface area (Å²) in [4.78, 5) is 0. The van der Waals surface area contributed by atoms with Crippen LogP contribution in [0.15, 0.2) is 36.1 Å². The van der Waals surface area contributed by atoms with Crippen molar-refractivity contribution in [3.63, 3.8) is 0 Å².